The van der Waals surface area contributed by atoms with Crippen molar-refractivity contribution in [1.82, 2.24) is 5.32 Å². The van der Waals surface area contributed by atoms with E-state index < -0.39 is 0 Å². The van der Waals surface area contributed by atoms with Crippen LogP contribution in [0.5, 0.6) is 0 Å². The predicted octanol–water partition coefficient (Wildman–Crippen LogP) is 2.83. The second-order valence-electron chi connectivity index (χ2n) is 3.93. The van der Waals surface area contributed by atoms with Gasteiger partial charge in [-0.15, -0.1) is 11.3 Å². The quantitative estimate of drug-likeness (QED) is 0.815. The van der Waals surface area contributed by atoms with Crippen LogP contribution in [-0.4, -0.2) is 12.5 Å². The molecule has 0 radical (unpaired) electrons. The van der Waals surface area contributed by atoms with Crippen LogP contribution in [0.25, 0.3) is 0 Å². The lowest BCUT2D eigenvalue weighted by Crippen LogP contribution is -2.24. The van der Waals surface area contributed by atoms with Gasteiger partial charge in [0.15, 0.2) is 0 Å². The number of carbonyl (C=O) groups is 1. The average Bonchev–Trinajstić information content (AvgIpc) is 2.51. The van der Waals surface area contributed by atoms with Crippen molar-refractivity contribution in [2.75, 3.05) is 6.54 Å². The van der Waals surface area contributed by atoms with Crippen molar-refractivity contribution in [3.8, 4) is 0 Å². The Morgan fingerprint density at radius 2 is 2.29 bits per heavy atom. The predicted molar refractivity (Wildman–Crippen MR) is 60.8 cm³/mol. The molecule has 0 saturated carbocycles. The van der Waals surface area contributed by atoms with Gasteiger partial charge in [0.05, 0.1) is 4.88 Å². The first kappa shape index (κ1) is 11.2. The van der Waals surface area contributed by atoms with Gasteiger partial charge in [0.1, 0.15) is 0 Å². The molecule has 1 aromatic heterocycles. The van der Waals surface area contributed by atoms with Gasteiger partial charge in [0, 0.05) is 6.54 Å². The van der Waals surface area contributed by atoms with Crippen molar-refractivity contribution in [2.45, 2.75) is 27.2 Å². The Morgan fingerprint density at radius 1 is 1.57 bits per heavy atom. The molecule has 3 heteroatoms. The molecule has 0 saturated heterocycles. The maximum atomic E-state index is 11.5. The molecular weight excluding hydrogens is 194 g/mol. The molecule has 0 atom stereocenters. The Labute approximate surface area is 89.3 Å². The van der Waals surface area contributed by atoms with Crippen LogP contribution in [0.4, 0.5) is 0 Å². The number of carbonyl (C=O) groups excluding carboxylic acids is 1. The third-order valence-electron chi connectivity index (χ3n) is 1.96. The molecule has 0 spiro atoms. The Morgan fingerprint density at radius 3 is 2.79 bits per heavy atom. The van der Waals surface area contributed by atoms with E-state index in [4.69, 9.17) is 0 Å². The molecule has 0 aliphatic rings. The normalized spacial score (nSPS) is 10.6. The zero-order valence-electron chi connectivity index (χ0n) is 8.96. The molecule has 0 aliphatic carbocycles. The fourth-order valence-corrected chi connectivity index (χ4v) is 1.93. The van der Waals surface area contributed by atoms with Crippen LogP contribution in [-0.2, 0) is 0 Å². The molecule has 0 aromatic carbocycles. The zero-order chi connectivity index (χ0) is 10.6. The number of hydrogen-bond acceptors (Lipinski definition) is 2. The molecule has 1 heterocycles. The van der Waals surface area contributed by atoms with E-state index in [0.717, 1.165) is 23.4 Å². The molecule has 0 unspecified atom stereocenters. The van der Waals surface area contributed by atoms with Crippen LogP contribution in [0.1, 0.15) is 35.5 Å². The van der Waals surface area contributed by atoms with Crippen LogP contribution in [0, 0.1) is 12.8 Å². The van der Waals surface area contributed by atoms with E-state index in [0.29, 0.717) is 5.92 Å². The highest BCUT2D eigenvalue weighted by atomic mass is 32.1. The molecule has 1 aromatic rings. The fraction of sp³-hybridized carbons (Fsp3) is 0.545. The number of aryl methyl sites for hydroxylation is 1. The Bertz CT molecular complexity index is 304. The number of amides is 1. The molecule has 0 aliphatic heterocycles. The van der Waals surface area contributed by atoms with Gasteiger partial charge in [-0.2, -0.15) is 0 Å². The lowest BCUT2D eigenvalue weighted by molar-refractivity contribution is 0.0956. The number of thiophene rings is 1. The highest BCUT2D eigenvalue weighted by Gasteiger charge is 2.06. The highest BCUT2D eigenvalue weighted by Crippen LogP contribution is 2.13. The summed E-state index contributed by atoms with van der Waals surface area (Å²) in [6.07, 6.45) is 1.04. The van der Waals surface area contributed by atoms with E-state index in [1.54, 1.807) is 0 Å². The molecule has 1 N–H and O–H groups in total. The topological polar surface area (TPSA) is 29.1 Å². The van der Waals surface area contributed by atoms with Crippen molar-refractivity contribution < 1.29 is 4.79 Å². The van der Waals surface area contributed by atoms with Crippen LogP contribution in [0.3, 0.4) is 0 Å². The molecule has 0 fully saturated rings. The van der Waals surface area contributed by atoms with Crippen molar-refractivity contribution in [1.29, 1.82) is 0 Å². The number of nitrogens with one attached hydrogen (secondary N) is 1. The molecule has 1 rings (SSSR count). The molecule has 2 nitrogen and oxygen atoms in total. The van der Waals surface area contributed by atoms with Gasteiger partial charge in [-0.25, -0.2) is 0 Å². The van der Waals surface area contributed by atoms with Crippen molar-refractivity contribution in [3.05, 3.63) is 21.9 Å². The Hall–Kier alpha value is -0.830. The van der Waals surface area contributed by atoms with E-state index in [1.807, 2.05) is 18.4 Å². The smallest absolute Gasteiger partial charge is 0.261 e. The molecular formula is C11H17NOS. The third kappa shape index (κ3) is 3.50. The first-order valence-corrected chi connectivity index (χ1v) is 5.81. The van der Waals surface area contributed by atoms with Gasteiger partial charge in [0.2, 0.25) is 0 Å². The molecule has 78 valence electrons. The van der Waals surface area contributed by atoms with Crippen LogP contribution in [0.2, 0.25) is 0 Å². The second-order valence-corrected chi connectivity index (χ2v) is 4.84. The van der Waals surface area contributed by atoms with Gasteiger partial charge >= 0.3 is 0 Å². The van der Waals surface area contributed by atoms with Crippen LogP contribution < -0.4 is 5.32 Å². The minimum atomic E-state index is 0.0590. The lowest BCUT2D eigenvalue weighted by atomic mass is 10.1. The molecule has 14 heavy (non-hydrogen) atoms. The summed E-state index contributed by atoms with van der Waals surface area (Å²) in [7, 11) is 0. The largest absolute Gasteiger partial charge is 0.351 e. The van der Waals surface area contributed by atoms with Crippen LogP contribution >= 0.6 is 11.3 Å². The van der Waals surface area contributed by atoms with E-state index in [9.17, 15) is 4.79 Å². The van der Waals surface area contributed by atoms with Crippen LogP contribution in [0.15, 0.2) is 11.4 Å². The van der Waals surface area contributed by atoms with E-state index >= 15 is 0 Å². The first-order chi connectivity index (χ1) is 6.59. The summed E-state index contributed by atoms with van der Waals surface area (Å²) in [5.41, 5.74) is 1.16. The summed E-state index contributed by atoms with van der Waals surface area (Å²) < 4.78 is 0. The zero-order valence-corrected chi connectivity index (χ0v) is 9.78. The van der Waals surface area contributed by atoms with Crippen molar-refractivity contribution >= 4 is 17.2 Å². The Kier molecular flexibility index (Phi) is 4.14. The van der Waals surface area contributed by atoms with Gasteiger partial charge in [0.25, 0.3) is 5.91 Å². The first-order valence-electron chi connectivity index (χ1n) is 4.93. The Balaban J connectivity index is 2.36. The van der Waals surface area contributed by atoms with Gasteiger partial charge in [-0.3, -0.25) is 4.79 Å². The summed E-state index contributed by atoms with van der Waals surface area (Å²) in [6.45, 7) is 7.08. The summed E-state index contributed by atoms with van der Waals surface area (Å²) in [5, 5.41) is 4.91. The summed E-state index contributed by atoms with van der Waals surface area (Å²) >= 11 is 1.50. The fourth-order valence-electron chi connectivity index (χ4n) is 1.11. The highest BCUT2D eigenvalue weighted by molar-refractivity contribution is 7.12. The monoisotopic (exact) mass is 211 g/mol. The molecule has 0 bridgehead atoms. The summed E-state index contributed by atoms with van der Waals surface area (Å²) in [6, 6.07) is 1.93. The van der Waals surface area contributed by atoms with E-state index in [-0.39, 0.29) is 5.91 Å². The summed E-state index contributed by atoms with van der Waals surface area (Å²) in [4.78, 5) is 12.4. The van der Waals surface area contributed by atoms with E-state index in [2.05, 4.69) is 19.2 Å². The maximum Gasteiger partial charge on any atom is 0.261 e. The number of rotatable bonds is 4. The average molecular weight is 211 g/mol. The maximum absolute atomic E-state index is 11.5. The van der Waals surface area contributed by atoms with E-state index in [1.165, 1.54) is 11.3 Å². The second kappa shape index (κ2) is 5.15. The molecule has 1 amide bonds. The van der Waals surface area contributed by atoms with Crippen molar-refractivity contribution in [3.63, 3.8) is 0 Å². The van der Waals surface area contributed by atoms with Gasteiger partial charge in [-0.05, 0) is 36.3 Å². The minimum absolute atomic E-state index is 0.0590. The SMILES string of the molecule is Cc1csc(C(=O)NCCC(C)C)c1. The van der Waals surface area contributed by atoms with Crippen molar-refractivity contribution in [2.24, 2.45) is 5.92 Å². The standard InChI is InChI=1S/C11H17NOS/c1-8(2)4-5-12-11(13)10-6-9(3)7-14-10/h6-8H,4-5H2,1-3H3,(H,12,13). The number of hydrogen-bond donors (Lipinski definition) is 1. The summed E-state index contributed by atoms with van der Waals surface area (Å²) in [5.74, 6) is 0.698. The van der Waals surface area contributed by atoms with Gasteiger partial charge in [-0.1, -0.05) is 13.8 Å². The third-order valence-corrected chi connectivity index (χ3v) is 3.01. The minimum Gasteiger partial charge on any atom is -0.351 e. The lowest BCUT2D eigenvalue weighted by Gasteiger charge is -2.05. The van der Waals surface area contributed by atoms with Gasteiger partial charge < -0.3 is 5.32 Å².